The molecule has 2 bridgehead atoms. The number of rotatable bonds is 2. The molecule has 6 nitrogen and oxygen atoms in total. The lowest BCUT2D eigenvalue weighted by Crippen LogP contribution is -2.57. The highest BCUT2D eigenvalue weighted by molar-refractivity contribution is 6.05. The largest absolute Gasteiger partial charge is 0.508 e. The van der Waals surface area contributed by atoms with Crippen molar-refractivity contribution in [3.8, 4) is 5.75 Å². The van der Waals surface area contributed by atoms with Gasteiger partial charge in [-0.25, -0.2) is 0 Å². The Balaban J connectivity index is 1.57. The molecule has 110 valence electrons. The molecule has 0 spiro atoms. The number of phenols is 1. The third-order valence-corrected chi connectivity index (χ3v) is 4.73. The summed E-state index contributed by atoms with van der Waals surface area (Å²) in [5, 5.41) is 20.3. The summed E-state index contributed by atoms with van der Waals surface area (Å²) in [6, 6.07) is 5.09. The van der Waals surface area contributed by atoms with Crippen LogP contribution in [0.4, 0.5) is 0 Å². The second-order valence-electron chi connectivity index (χ2n) is 6.02. The number of carbonyl (C=O) groups is 1. The fourth-order valence-electron chi connectivity index (χ4n) is 3.54. The van der Waals surface area contributed by atoms with Crippen molar-refractivity contribution in [2.75, 3.05) is 19.6 Å². The summed E-state index contributed by atoms with van der Waals surface area (Å²) in [5.74, 6) is 0.559. The maximum absolute atomic E-state index is 12.5. The molecule has 1 amide bonds. The Kier molecular flexibility index (Phi) is 2.85. The lowest BCUT2D eigenvalue weighted by atomic mass is 9.84. The SMILES string of the molecule is O=C(N[C@H]1CN2CCC1CC2)c1n[nH]c2ccc(O)cc12. The van der Waals surface area contributed by atoms with Gasteiger partial charge in [0.15, 0.2) is 5.69 Å². The lowest BCUT2D eigenvalue weighted by molar-refractivity contribution is 0.0618. The number of aromatic amines is 1. The van der Waals surface area contributed by atoms with Gasteiger partial charge in [0.05, 0.1) is 5.52 Å². The summed E-state index contributed by atoms with van der Waals surface area (Å²) in [5.41, 5.74) is 1.12. The van der Waals surface area contributed by atoms with Crippen LogP contribution in [0, 0.1) is 5.92 Å². The van der Waals surface area contributed by atoms with Gasteiger partial charge >= 0.3 is 0 Å². The summed E-state index contributed by atoms with van der Waals surface area (Å²) < 4.78 is 0. The van der Waals surface area contributed by atoms with Crippen molar-refractivity contribution in [1.29, 1.82) is 0 Å². The molecule has 6 heteroatoms. The van der Waals surface area contributed by atoms with Gasteiger partial charge in [-0.1, -0.05) is 0 Å². The van der Waals surface area contributed by atoms with Gasteiger partial charge in [-0.15, -0.1) is 0 Å². The maximum atomic E-state index is 12.5. The first-order valence-corrected chi connectivity index (χ1v) is 7.41. The second-order valence-corrected chi connectivity index (χ2v) is 6.02. The number of fused-ring (bicyclic) bond motifs is 4. The highest BCUT2D eigenvalue weighted by atomic mass is 16.3. The Morgan fingerprint density at radius 1 is 1.38 bits per heavy atom. The molecule has 1 aromatic heterocycles. The first-order chi connectivity index (χ1) is 10.2. The molecule has 1 aromatic carbocycles. The van der Waals surface area contributed by atoms with Crippen LogP contribution in [0.2, 0.25) is 0 Å². The van der Waals surface area contributed by atoms with Gasteiger partial charge in [-0.05, 0) is 50.0 Å². The fraction of sp³-hybridized carbons (Fsp3) is 0.467. The van der Waals surface area contributed by atoms with Crippen molar-refractivity contribution in [2.45, 2.75) is 18.9 Å². The zero-order valence-corrected chi connectivity index (χ0v) is 11.7. The minimum atomic E-state index is -0.161. The summed E-state index contributed by atoms with van der Waals surface area (Å²) in [4.78, 5) is 14.9. The van der Waals surface area contributed by atoms with Crippen molar-refractivity contribution in [3.05, 3.63) is 23.9 Å². The molecule has 1 atom stereocenters. The van der Waals surface area contributed by atoms with Crippen LogP contribution < -0.4 is 5.32 Å². The highest BCUT2D eigenvalue weighted by Crippen LogP contribution is 2.28. The Morgan fingerprint density at radius 2 is 2.19 bits per heavy atom. The first-order valence-electron chi connectivity index (χ1n) is 7.41. The zero-order chi connectivity index (χ0) is 14.4. The first kappa shape index (κ1) is 12.6. The standard InChI is InChI=1S/C15H18N4O2/c20-10-1-2-12-11(7-10)14(18-17-12)15(21)16-13-8-19-5-3-9(13)4-6-19/h1-2,7,9,13,20H,3-6,8H2,(H,16,21)(H,17,18)/t13-/m0/s1. The maximum Gasteiger partial charge on any atom is 0.272 e. The predicted octanol–water partition coefficient (Wildman–Crippen LogP) is 1.09. The van der Waals surface area contributed by atoms with Crippen molar-refractivity contribution < 1.29 is 9.90 Å². The zero-order valence-electron chi connectivity index (χ0n) is 11.7. The number of hydrogen-bond donors (Lipinski definition) is 3. The van der Waals surface area contributed by atoms with E-state index in [0.29, 0.717) is 17.0 Å². The monoisotopic (exact) mass is 286 g/mol. The molecule has 3 aliphatic rings. The lowest BCUT2D eigenvalue weighted by Gasteiger charge is -2.44. The normalized spacial score (nSPS) is 27.9. The van der Waals surface area contributed by atoms with Crippen LogP contribution in [0.25, 0.3) is 10.9 Å². The molecule has 3 aliphatic heterocycles. The molecule has 0 aliphatic carbocycles. The van der Waals surface area contributed by atoms with E-state index in [4.69, 9.17) is 0 Å². The van der Waals surface area contributed by atoms with Crippen molar-refractivity contribution in [2.24, 2.45) is 5.92 Å². The number of carbonyl (C=O) groups excluding carboxylic acids is 1. The van der Waals surface area contributed by atoms with E-state index < -0.39 is 0 Å². The van der Waals surface area contributed by atoms with Crippen LogP contribution in [0.5, 0.6) is 5.75 Å². The van der Waals surface area contributed by atoms with Gasteiger partial charge in [0.25, 0.3) is 5.91 Å². The van der Waals surface area contributed by atoms with Crippen LogP contribution in [0.15, 0.2) is 18.2 Å². The van der Waals surface area contributed by atoms with Gasteiger partial charge in [0, 0.05) is 18.0 Å². The topological polar surface area (TPSA) is 81.2 Å². The van der Waals surface area contributed by atoms with E-state index in [2.05, 4.69) is 20.4 Å². The summed E-state index contributed by atoms with van der Waals surface area (Å²) >= 11 is 0. The number of benzene rings is 1. The number of aromatic nitrogens is 2. The van der Waals surface area contributed by atoms with Crippen molar-refractivity contribution in [1.82, 2.24) is 20.4 Å². The minimum Gasteiger partial charge on any atom is -0.508 e. The molecule has 0 unspecified atom stereocenters. The second kappa shape index (κ2) is 4.73. The van der Waals surface area contributed by atoms with Gasteiger partial charge in [-0.2, -0.15) is 5.10 Å². The number of hydrogen-bond acceptors (Lipinski definition) is 4. The van der Waals surface area contributed by atoms with E-state index in [1.807, 2.05) is 0 Å². The molecular formula is C15H18N4O2. The van der Waals surface area contributed by atoms with E-state index in [9.17, 15) is 9.90 Å². The Labute approximate surface area is 122 Å². The van der Waals surface area contributed by atoms with Crippen LogP contribution in [-0.2, 0) is 0 Å². The van der Waals surface area contributed by atoms with E-state index in [-0.39, 0.29) is 17.7 Å². The summed E-state index contributed by atoms with van der Waals surface area (Å²) in [6.07, 6.45) is 2.32. The van der Waals surface area contributed by atoms with Gasteiger partial charge < -0.3 is 15.3 Å². The number of H-pyrrole nitrogens is 1. The molecular weight excluding hydrogens is 268 g/mol. The Hall–Kier alpha value is -2.08. The van der Waals surface area contributed by atoms with E-state index >= 15 is 0 Å². The van der Waals surface area contributed by atoms with Gasteiger partial charge in [0.1, 0.15) is 5.75 Å². The van der Waals surface area contributed by atoms with Crippen LogP contribution in [0.3, 0.4) is 0 Å². The molecule has 0 radical (unpaired) electrons. The molecule has 3 fully saturated rings. The minimum absolute atomic E-state index is 0.140. The molecule has 0 saturated carbocycles. The average Bonchev–Trinajstić information content (AvgIpc) is 2.91. The van der Waals surface area contributed by atoms with Crippen molar-refractivity contribution >= 4 is 16.8 Å². The third-order valence-electron chi connectivity index (χ3n) is 4.73. The molecule has 3 saturated heterocycles. The fourth-order valence-corrected chi connectivity index (χ4v) is 3.54. The molecule has 21 heavy (non-hydrogen) atoms. The average molecular weight is 286 g/mol. The molecule has 4 heterocycles. The molecule has 3 N–H and O–H groups in total. The summed E-state index contributed by atoms with van der Waals surface area (Å²) in [6.45, 7) is 3.23. The van der Waals surface area contributed by atoms with Crippen LogP contribution >= 0.6 is 0 Å². The van der Waals surface area contributed by atoms with Crippen molar-refractivity contribution in [3.63, 3.8) is 0 Å². The van der Waals surface area contributed by atoms with Crippen LogP contribution in [-0.4, -0.2) is 51.8 Å². The number of piperidine rings is 3. The van der Waals surface area contributed by atoms with E-state index in [1.165, 1.54) is 0 Å². The number of phenolic OH excluding ortho intramolecular Hbond substituents is 1. The molecule has 2 aromatic rings. The Morgan fingerprint density at radius 3 is 2.90 bits per heavy atom. The summed E-state index contributed by atoms with van der Waals surface area (Å²) in [7, 11) is 0. The van der Waals surface area contributed by atoms with Crippen LogP contribution in [0.1, 0.15) is 23.3 Å². The molecule has 5 rings (SSSR count). The number of amides is 1. The van der Waals surface area contributed by atoms with Gasteiger partial charge in [0.2, 0.25) is 0 Å². The third kappa shape index (κ3) is 2.15. The number of aromatic hydroxyl groups is 1. The van der Waals surface area contributed by atoms with E-state index in [0.717, 1.165) is 38.0 Å². The quantitative estimate of drug-likeness (QED) is 0.772. The highest BCUT2D eigenvalue weighted by Gasteiger charge is 2.35. The Bertz CT molecular complexity index is 688. The number of nitrogens with zero attached hydrogens (tertiary/aromatic N) is 2. The predicted molar refractivity (Wildman–Crippen MR) is 78.2 cm³/mol. The van der Waals surface area contributed by atoms with E-state index in [1.54, 1.807) is 18.2 Å². The number of nitrogens with one attached hydrogen (secondary N) is 2. The smallest absolute Gasteiger partial charge is 0.272 e. The van der Waals surface area contributed by atoms with Gasteiger partial charge in [-0.3, -0.25) is 9.89 Å².